The molecule has 0 radical (unpaired) electrons. The summed E-state index contributed by atoms with van der Waals surface area (Å²) >= 11 is 1.51. The van der Waals surface area contributed by atoms with Gasteiger partial charge in [-0.2, -0.15) is 0 Å². The molecule has 3 rings (SSSR count). The first-order valence-corrected chi connectivity index (χ1v) is 12.6. The Kier molecular flexibility index (Phi) is 12.4. The number of benzene rings is 2. The molecule has 186 valence electrons. The number of hydrogen-bond acceptors (Lipinski definition) is 7. The van der Waals surface area contributed by atoms with Crippen molar-refractivity contribution in [1.82, 2.24) is 14.9 Å². The van der Waals surface area contributed by atoms with Gasteiger partial charge in [0, 0.05) is 18.0 Å². The van der Waals surface area contributed by atoms with Crippen LogP contribution in [0.3, 0.4) is 0 Å². The van der Waals surface area contributed by atoms with Gasteiger partial charge in [-0.1, -0.05) is 30.3 Å². The van der Waals surface area contributed by atoms with Crippen molar-refractivity contribution in [2.75, 3.05) is 33.3 Å². The molecule has 1 amide bonds. The van der Waals surface area contributed by atoms with Crippen molar-refractivity contribution in [3.8, 4) is 0 Å². The van der Waals surface area contributed by atoms with Crippen molar-refractivity contribution < 1.29 is 14.3 Å². The Morgan fingerprint density at radius 1 is 1.24 bits per heavy atom. The number of carbonyl (C=O) groups is 2. The highest BCUT2D eigenvalue weighted by Gasteiger charge is 2.31. The van der Waals surface area contributed by atoms with Gasteiger partial charge in [-0.05, 0) is 81.1 Å². The van der Waals surface area contributed by atoms with Crippen LogP contribution in [-0.4, -0.2) is 62.4 Å². The van der Waals surface area contributed by atoms with E-state index in [0.717, 1.165) is 30.6 Å². The van der Waals surface area contributed by atoms with E-state index in [-0.39, 0.29) is 23.8 Å². The fourth-order valence-corrected chi connectivity index (χ4v) is 4.72. The van der Waals surface area contributed by atoms with Crippen LogP contribution in [0.15, 0.2) is 47.4 Å². The summed E-state index contributed by atoms with van der Waals surface area (Å²) in [6.07, 6.45) is 3.77. The summed E-state index contributed by atoms with van der Waals surface area (Å²) in [5.41, 5.74) is 4.39. The lowest BCUT2D eigenvalue weighted by Gasteiger charge is -2.33. The molecular weight excluding hydrogens is 450 g/mol. The number of piperidine rings is 1. The Labute approximate surface area is 206 Å². The second-order valence-corrected chi connectivity index (χ2v) is 8.96. The zero-order chi connectivity index (χ0) is 24.8. The largest absolute Gasteiger partial charge is 0.466 e. The molecule has 0 aliphatic carbocycles. The molecule has 8 nitrogen and oxygen atoms in total. The van der Waals surface area contributed by atoms with Gasteiger partial charge in [0.2, 0.25) is 5.91 Å². The minimum atomic E-state index is -0.260. The van der Waals surface area contributed by atoms with Gasteiger partial charge in [0.1, 0.15) is 0 Å². The highest BCUT2D eigenvalue weighted by atomic mass is 32.2. The number of esters is 1. The predicted octanol–water partition coefficient (Wildman–Crippen LogP) is 3.16. The normalized spacial score (nSPS) is 14.7. The molecule has 1 fully saturated rings. The van der Waals surface area contributed by atoms with Gasteiger partial charge < -0.3 is 20.7 Å². The summed E-state index contributed by atoms with van der Waals surface area (Å²) in [6, 6.07) is 14.3. The van der Waals surface area contributed by atoms with Crippen LogP contribution in [-0.2, 0) is 14.3 Å². The van der Waals surface area contributed by atoms with E-state index >= 15 is 0 Å². The zero-order valence-electron chi connectivity index (χ0n) is 20.1. The first-order valence-electron chi connectivity index (χ1n) is 11.8. The van der Waals surface area contributed by atoms with Gasteiger partial charge in [0.25, 0.3) is 0 Å². The molecule has 5 N–H and O–H groups in total. The summed E-state index contributed by atoms with van der Waals surface area (Å²) in [5, 5.41) is 11.4. The minimum absolute atomic E-state index is 0.0910. The maximum Gasteiger partial charge on any atom is 0.309 e. The van der Waals surface area contributed by atoms with Crippen molar-refractivity contribution in [2.45, 2.75) is 43.5 Å². The summed E-state index contributed by atoms with van der Waals surface area (Å²) in [4.78, 5) is 28.2. The lowest BCUT2D eigenvalue weighted by Crippen LogP contribution is -2.48. The fraction of sp³-hybridized carbons (Fsp3) is 0.480. The van der Waals surface area contributed by atoms with E-state index < -0.39 is 0 Å². The van der Waals surface area contributed by atoms with Gasteiger partial charge in [-0.3, -0.25) is 15.0 Å². The molecule has 2 aromatic carbocycles. The van der Waals surface area contributed by atoms with E-state index in [4.69, 9.17) is 10.1 Å². The molecule has 1 saturated heterocycles. The van der Waals surface area contributed by atoms with Crippen LogP contribution >= 0.6 is 11.9 Å². The van der Waals surface area contributed by atoms with Gasteiger partial charge >= 0.3 is 5.97 Å². The molecular formula is C25H37N5O3S. The molecule has 1 atom stereocenters. The van der Waals surface area contributed by atoms with Crippen LogP contribution in [0.1, 0.15) is 32.6 Å². The van der Waals surface area contributed by atoms with Gasteiger partial charge in [0.05, 0.1) is 24.9 Å². The van der Waals surface area contributed by atoms with Crippen molar-refractivity contribution in [1.29, 1.82) is 5.41 Å². The van der Waals surface area contributed by atoms with E-state index in [1.54, 1.807) is 0 Å². The summed E-state index contributed by atoms with van der Waals surface area (Å²) in [5.74, 6) is -0.108. The third kappa shape index (κ3) is 8.62. The van der Waals surface area contributed by atoms with Crippen LogP contribution in [0, 0.1) is 11.3 Å². The number of nitrogens with zero attached hydrogens (tertiary/aromatic N) is 1. The smallest absolute Gasteiger partial charge is 0.309 e. The lowest BCUT2D eigenvalue weighted by molar-refractivity contribution is -0.151. The van der Waals surface area contributed by atoms with Crippen molar-refractivity contribution in [3.05, 3.63) is 42.5 Å². The Hall–Kier alpha value is -2.62. The molecule has 34 heavy (non-hydrogen) atoms. The monoisotopic (exact) mass is 487 g/mol. The van der Waals surface area contributed by atoms with Crippen molar-refractivity contribution in [3.63, 3.8) is 0 Å². The van der Waals surface area contributed by atoms with Crippen LogP contribution in [0.5, 0.6) is 0 Å². The average molecular weight is 488 g/mol. The lowest BCUT2D eigenvalue weighted by atomic mass is 9.96. The van der Waals surface area contributed by atoms with E-state index in [0.29, 0.717) is 32.5 Å². The Morgan fingerprint density at radius 2 is 1.91 bits per heavy atom. The molecule has 0 spiro atoms. The number of rotatable bonds is 10. The summed E-state index contributed by atoms with van der Waals surface area (Å²) in [6.45, 7) is 4.31. The number of nitrogens with one attached hydrogen (secondary N) is 3. The number of fused-ring (bicyclic) bond motifs is 1. The SMILES string of the molecule is CCOC(=O)C1CCN(C(=O)C(CCCNC)NSc2ccc3ccccc3c2)CC1.N=CN. The zero-order valence-corrected chi connectivity index (χ0v) is 20.9. The third-order valence-corrected chi connectivity index (χ3v) is 6.58. The molecule has 2 aromatic rings. The average Bonchev–Trinajstić information content (AvgIpc) is 2.86. The molecule has 1 unspecified atom stereocenters. The number of amides is 1. The number of ether oxygens (including phenoxy) is 1. The number of carbonyl (C=O) groups excluding carboxylic acids is 2. The molecule has 0 aromatic heterocycles. The summed E-state index contributed by atoms with van der Waals surface area (Å²) in [7, 11) is 1.92. The number of hydrogen-bond donors (Lipinski definition) is 4. The van der Waals surface area contributed by atoms with Crippen LogP contribution in [0.4, 0.5) is 0 Å². The molecule has 9 heteroatoms. The molecule has 1 aliphatic heterocycles. The molecule has 0 bridgehead atoms. The Bertz CT molecular complexity index is 918. The number of likely N-dealkylation sites (tertiary alicyclic amines) is 1. The first-order chi connectivity index (χ1) is 16.5. The predicted molar refractivity (Wildman–Crippen MR) is 139 cm³/mol. The molecule has 0 saturated carbocycles. The van der Waals surface area contributed by atoms with Crippen molar-refractivity contribution in [2.24, 2.45) is 11.7 Å². The quantitative estimate of drug-likeness (QED) is 0.134. The summed E-state index contributed by atoms with van der Waals surface area (Å²) < 4.78 is 8.56. The molecule has 1 heterocycles. The van der Waals surface area contributed by atoms with Crippen LogP contribution in [0.25, 0.3) is 10.8 Å². The van der Waals surface area contributed by atoms with E-state index in [9.17, 15) is 9.59 Å². The highest BCUT2D eigenvalue weighted by Crippen LogP contribution is 2.24. The van der Waals surface area contributed by atoms with Gasteiger partial charge in [0.15, 0.2) is 0 Å². The molecule has 1 aliphatic rings. The number of nitrogens with two attached hydrogens (primary N) is 1. The maximum atomic E-state index is 13.2. The van der Waals surface area contributed by atoms with E-state index in [1.165, 1.54) is 22.7 Å². The highest BCUT2D eigenvalue weighted by molar-refractivity contribution is 7.97. The fourth-order valence-electron chi connectivity index (χ4n) is 3.90. The first kappa shape index (κ1) is 27.6. The van der Waals surface area contributed by atoms with Crippen molar-refractivity contribution >= 4 is 40.9 Å². The standard InChI is InChI=1S/C24H33N3O3S.CH4N2/c1-3-30-24(29)19-12-15-27(16-13-19)23(28)22(9-6-14-25-2)26-31-21-11-10-18-7-4-5-8-20(18)17-21;2-1-3/h4-5,7-8,10-11,17,19,22,25-26H,3,6,9,12-16H2,1-2H3;1H,(H3,2,3). The Morgan fingerprint density at radius 3 is 2.56 bits per heavy atom. The van der Waals surface area contributed by atoms with Gasteiger partial charge in [-0.15, -0.1) is 0 Å². The second kappa shape index (κ2) is 15.3. The minimum Gasteiger partial charge on any atom is -0.466 e. The van der Waals surface area contributed by atoms with E-state index in [2.05, 4.69) is 46.1 Å². The Balaban J connectivity index is 0.00000129. The topological polar surface area (TPSA) is 121 Å². The van der Waals surface area contributed by atoms with Crippen LogP contribution in [0.2, 0.25) is 0 Å². The maximum absolute atomic E-state index is 13.2. The van der Waals surface area contributed by atoms with E-state index in [1.807, 2.05) is 31.0 Å². The van der Waals surface area contributed by atoms with Gasteiger partial charge in [-0.25, -0.2) is 4.72 Å². The van der Waals surface area contributed by atoms with Crippen LogP contribution < -0.4 is 15.8 Å². The second-order valence-electron chi connectivity index (χ2n) is 8.05. The third-order valence-electron chi connectivity index (χ3n) is 5.68.